The van der Waals surface area contributed by atoms with Gasteiger partial charge in [0.1, 0.15) is 21.7 Å². The van der Waals surface area contributed by atoms with Gasteiger partial charge in [-0.2, -0.15) is 0 Å². The van der Waals surface area contributed by atoms with Gasteiger partial charge in [0.2, 0.25) is 5.78 Å². The minimum Gasteiger partial charge on any atom is -0.294 e. The topological polar surface area (TPSA) is 65.8 Å². The molecule has 13 aromatic rings. The third-order valence-corrected chi connectivity index (χ3v) is 18.1. The molecule has 6 heterocycles. The SMILES string of the molecule is c1ccc([Si](c2ccccc2)(c2ccccc2)c2ccc3nc4n(-c5cnc6c(n5)sc5ccc(-n7c8ccccc8c8ccccc87)nc56)c5ccccc5n4c3c2)cc1. The Morgan fingerprint density at radius 1 is 0.410 bits per heavy atom. The van der Waals surface area contributed by atoms with Gasteiger partial charge in [-0.05, 0) is 69.3 Å². The molecule has 0 spiro atoms. The maximum absolute atomic E-state index is 5.34. The number of hydrogen-bond donors (Lipinski definition) is 0. The standard InChI is InChI=1S/C52H33N7SSi/c1-4-16-34(17-5-1)61(35-18-6-2-7-19-35,36-20-8-3-9-21-36)37-28-29-40-45(32-37)58-43-26-14-15-27-44(43)59(52(58)54-40)48-33-53-50-49-46(60-51(50)56-48)30-31-47(55-49)57-41-24-12-10-22-38(41)39-23-11-13-25-42(39)57/h1-33H. The van der Waals surface area contributed by atoms with Crippen LogP contribution < -0.4 is 20.7 Å². The molecule has 0 saturated carbocycles. The molecule has 0 amide bonds. The van der Waals surface area contributed by atoms with Crippen molar-refractivity contribution in [2.45, 2.75) is 0 Å². The van der Waals surface area contributed by atoms with Crippen LogP contribution in [0.3, 0.4) is 0 Å². The van der Waals surface area contributed by atoms with Gasteiger partial charge in [0.25, 0.3) is 0 Å². The molecule has 61 heavy (non-hydrogen) atoms. The number of para-hydroxylation sites is 4. The lowest BCUT2D eigenvalue weighted by molar-refractivity contribution is 1.04. The van der Waals surface area contributed by atoms with E-state index in [4.69, 9.17) is 19.9 Å². The lowest BCUT2D eigenvalue weighted by Gasteiger charge is -2.34. The molecule has 13 rings (SSSR count). The second kappa shape index (κ2) is 13.1. The van der Waals surface area contributed by atoms with Gasteiger partial charge in [-0.3, -0.25) is 13.5 Å². The number of thiophene rings is 1. The molecule has 0 bridgehead atoms. The van der Waals surface area contributed by atoms with Crippen molar-refractivity contribution in [3.05, 3.63) is 200 Å². The maximum Gasteiger partial charge on any atom is 0.221 e. The van der Waals surface area contributed by atoms with Gasteiger partial charge in [-0.1, -0.05) is 146 Å². The van der Waals surface area contributed by atoms with Crippen molar-refractivity contribution in [1.29, 1.82) is 0 Å². The Kier molecular flexibility index (Phi) is 7.36. The summed E-state index contributed by atoms with van der Waals surface area (Å²) in [6.07, 6.45) is 1.87. The molecule has 7 nitrogen and oxygen atoms in total. The van der Waals surface area contributed by atoms with Crippen molar-refractivity contribution >= 4 is 110 Å². The minimum absolute atomic E-state index is 0.713. The summed E-state index contributed by atoms with van der Waals surface area (Å²) in [6.45, 7) is 0. The molecule has 0 aliphatic heterocycles. The van der Waals surface area contributed by atoms with Crippen LogP contribution in [0, 0.1) is 0 Å². The summed E-state index contributed by atoms with van der Waals surface area (Å²) in [5.41, 5.74) is 7.94. The molecular weight excluding hydrogens is 783 g/mol. The van der Waals surface area contributed by atoms with Gasteiger partial charge in [-0.25, -0.2) is 19.9 Å². The number of pyridine rings is 1. The van der Waals surface area contributed by atoms with E-state index < -0.39 is 8.07 Å². The summed E-state index contributed by atoms with van der Waals surface area (Å²) >= 11 is 1.62. The van der Waals surface area contributed by atoms with Gasteiger partial charge in [-0.15, -0.1) is 11.3 Å². The third-order valence-electron chi connectivity index (χ3n) is 12.3. The van der Waals surface area contributed by atoms with Crippen LogP contribution in [0.15, 0.2) is 200 Å². The smallest absolute Gasteiger partial charge is 0.221 e. The Balaban J connectivity index is 1.01. The van der Waals surface area contributed by atoms with Gasteiger partial charge < -0.3 is 0 Å². The third kappa shape index (κ3) is 4.90. The first-order valence-corrected chi connectivity index (χ1v) is 23.2. The molecule has 0 fully saturated rings. The summed E-state index contributed by atoms with van der Waals surface area (Å²) in [4.78, 5) is 21.9. The zero-order valence-electron chi connectivity index (χ0n) is 32.6. The van der Waals surface area contributed by atoms with E-state index in [1.807, 2.05) is 6.20 Å². The zero-order valence-corrected chi connectivity index (χ0v) is 34.4. The summed E-state index contributed by atoms with van der Waals surface area (Å²) in [6, 6.07) is 69.9. The van der Waals surface area contributed by atoms with E-state index >= 15 is 0 Å². The monoisotopic (exact) mass is 815 g/mol. The predicted molar refractivity (Wildman–Crippen MR) is 254 cm³/mol. The summed E-state index contributed by atoms with van der Waals surface area (Å²) in [5.74, 6) is 2.36. The Bertz CT molecular complexity index is 3680. The molecule has 7 aromatic carbocycles. The highest BCUT2D eigenvalue weighted by molar-refractivity contribution is 7.25. The average Bonchev–Trinajstić information content (AvgIpc) is 4.07. The normalized spacial score (nSPS) is 12.3. The molecule has 0 saturated heterocycles. The molecule has 0 atom stereocenters. The first-order chi connectivity index (χ1) is 30.3. The molecule has 0 aliphatic rings. The van der Waals surface area contributed by atoms with Crippen LogP contribution in [0.1, 0.15) is 0 Å². The van der Waals surface area contributed by atoms with E-state index in [9.17, 15) is 0 Å². The van der Waals surface area contributed by atoms with Gasteiger partial charge >= 0.3 is 0 Å². The van der Waals surface area contributed by atoms with Crippen molar-refractivity contribution in [2.75, 3.05) is 0 Å². The van der Waals surface area contributed by atoms with E-state index in [0.717, 1.165) is 65.3 Å². The average molecular weight is 816 g/mol. The van der Waals surface area contributed by atoms with Crippen LogP contribution in [0.25, 0.3) is 81.8 Å². The van der Waals surface area contributed by atoms with E-state index in [-0.39, 0.29) is 0 Å². The molecule has 0 unspecified atom stereocenters. The molecule has 9 heteroatoms. The highest BCUT2D eigenvalue weighted by Crippen LogP contribution is 2.36. The van der Waals surface area contributed by atoms with Crippen LogP contribution in [0.2, 0.25) is 0 Å². The van der Waals surface area contributed by atoms with Crippen molar-refractivity contribution in [2.24, 2.45) is 0 Å². The van der Waals surface area contributed by atoms with Gasteiger partial charge in [0.15, 0.2) is 13.9 Å². The summed E-state index contributed by atoms with van der Waals surface area (Å²) in [5, 5.41) is 7.70. The Morgan fingerprint density at radius 2 is 0.984 bits per heavy atom. The highest BCUT2D eigenvalue weighted by atomic mass is 32.1. The van der Waals surface area contributed by atoms with E-state index in [1.54, 1.807) is 11.3 Å². The quantitative estimate of drug-likeness (QED) is 0.124. The number of benzene rings is 7. The molecule has 0 N–H and O–H groups in total. The molecular formula is C52H33N7SSi. The number of rotatable bonds is 6. The van der Waals surface area contributed by atoms with Crippen LogP contribution in [-0.2, 0) is 0 Å². The fourth-order valence-electron chi connectivity index (χ4n) is 9.71. The number of fused-ring (bicyclic) bond motifs is 11. The number of imidazole rings is 2. The van der Waals surface area contributed by atoms with Gasteiger partial charge in [0, 0.05) is 10.8 Å². The lowest BCUT2D eigenvalue weighted by Crippen LogP contribution is -2.74. The van der Waals surface area contributed by atoms with Gasteiger partial charge in [0.05, 0.1) is 44.0 Å². The fourth-order valence-corrected chi connectivity index (χ4v) is 15.4. The fraction of sp³-hybridized carbons (Fsp3) is 0. The van der Waals surface area contributed by atoms with Crippen molar-refractivity contribution in [1.82, 2.24) is 33.5 Å². The van der Waals surface area contributed by atoms with Crippen LogP contribution >= 0.6 is 11.3 Å². The first kappa shape index (κ1) is 34.2. The lowest BCUT2D eigenvalue weighted by atomic mass is 10.2. The first-order valence-electron chi connectivity index (χ1n) is 20.4. The van der Waals surface area contributed by atoms with Crippen molar-refractivity contribution in [3.63, 3.8) is 0 Å². The van der Waals surface area contributed by atoms with Crippen LogP contribution in [-0.4, -0.2) is 41.5 Å². The molecule has 6 aromatic heterocycles. The number of aromatic nitrogens is 7. The minimum atomic E-state index is -2.78. The molecule has 0 radical (unpaired) electrons. The summed E-state index contributed by atoms with van der Waals surface area (Å²) < 4.78 is 7.74. The summed E-state index contributed by atoms with van der Waals surface area (Å²) in [7, 11) is -2.78. The van der Waals surface area contributed by atoms with Crippen LogP contribution in [0.4, 0.5) is 0 Å². The molecule has 286 valence electrons. The predicted octanol–water partition coefficient (Wildman–Crippen LogP) is 9.46. The second-order valence-electron chi connectivity index (χ2n) is 15.5. The number of hydrogen-bond acceptors (Lipinski definition) is 5. The number of nitrogens with zero attached hydrogens (tertiary/aromatic N) is 7. The van der Waals surface area contributed by atoms with E-state index in [2.05, 4.69) is 208 Å². The van der Waals surface area contributed by atoms with Crippen LogP contribution in [0.5, 0.6) is 0 Å². The zero-order chi connectivity index (χ0) is 40.1. The Hall–Kier alpha value is -7.72. The van der Waals surface area contributed by atoms with E-state index in [0.29, 0.717) is 5.82 Å². The Labute approximate surface area is 354 Å². The second-order valence-corrected chi connectivity index (χ2v) is 20.3. The van der Waals surface area contributed by atoms with Crippen molar-refractivity contribution in [3.8, 4) is 11.6 Å². The van der Waals surface area contributed by atoms with E-state index in [1.165, 1.54) is 31.5 Å². The Morgan fingerprint density at radius 3 is 1.62 bits per heavy atom. The maximum atomic E-state index is 5.34. The molecule has 0 aliphatic carbocycles. The van der Waals surface area contributed by atoms with Crippen molar-refractivity contribution < 1.29 is 0 Å². The largest absolute Gasteiger partial charge is 0.294 e. The highest BCUT2D eigenvalue weighted by Gasteiger charge is 2.41.